The Kier molecular flexibility index (Phi) is 5.85. The number of carboxylic acids is 1. The van der Waals surface area contributed by atoms with Gasteiger partial charge in [0, 0.05) is 12.5 Å². The van der Waals surface area contributed by atoms with Gasteiger partial charge in [-0.15, -0.1) is 0 Å². The Morgan fingerprint density at radius 3 is 2.44 bits per heavy atom. The minimum absolute atomic E-state index is 0.00632. The summed E-state index contributed by atoms with van der Waals surface area (Å²) in [6.07, 6.45) is 0.403. The summed E-state index contributed by atoms with van der Waals surface area (Å²) < 4.78 is 11.2. The topological polar surface area (TPSA) is 88.8 Å². The van der Waals surface area contributed by atoms with E-state index in [2.05, 4.69) is 5.32 Å². The predicted molar refractivity (Wildman–Crippen MR) is 93.4 cm³/mol. The van der Waals surface area contributed by atoms with Crippen LogP contribution in [0, 0.1) is 13.8 Å². The normalized spacial score (nSPS) is 11.8. The van der Waals surface area contributed by atoms with E-state index in [9.17, 15) is 9.59 Å². The predicted octanol–water partition coefficient (Wildman–Crippen LogP) is 3.35. The van der Waals surface area contributed by atoms with Gasteiger partial charge in [-0.05, 0) is 31.9 Å². The summed E-state index contributed by atoms with van der Waals surface area (Å²) in [5.41, 5.74) is 2.08. The lowest BCUT2D eigenvalue weighted by molar-refractivity contribution is 0.0694. The van der Waals surface area contributed by atoms with E-state index < -0.39 is 11.9 Å². The average Bonchev–Trinajstić information content (AvgIpc) is 2.99. The van der Waals surface area contributed by atoms with Crippen molar-refractivity contribution in [3.05, 3.63) is 52.5 Å². The molecular formula is C19H23NO5. The molecule has 0 radical (unpaired) electrons. The third-order valence-electron chi connectivity index (χ3n) is 3.85. The molecule has 0 bridgehead atoms. The van der Waals surface area contributed by atoms with Crippen molar-refractivity contribution in [1.29, 1.82) is 0 Å². The fraction of sp³-hybridized carbons (Fsp3) is 0.368. The lowest BCUT2D eigenvalue weighted by Gasteiger charge is -2.17. The highest BCUT2D eigenvalue weighted by molar-refractivity contribution is 5.96. The van der Waals surface area contributed by atoms with Crippen LogP contribution in [0.15, 0.2) is 28.7 Å². The fourth-order valence-electron chi connectivity index (χ4n) is 2.56. The molecule has 6 nitrogen and oxygen atoms in total. The smallest absolute Gasteiger partial charge is 0.339 e. The van der Waals surface area contributed by atoms with E-state index in [0.29, 0.717) is 13.0 Å². The van der Waals surface area contributed by atoms with Crippen molar-refractivity contribution in [1.82, 2.24) is 5.32 Å². The van der Waals surface area contributed by atoms with Gasteiger partial charge >= 0.3 is 5.97 Å². The second kappa shape index (κ2) is 7.88. The number of carbonyl (C=O) groups is 2. The van der Waals surface area contributed by atoms with E-state index in [1.807, 2.05) is 39.0 Å². The maximum absolute atomic E-state index is 12.3. The Bertz CT molecular complexity index is 758. The van der Waals surface area contributed by atoms with Crippen LogP contribution in [0.5, 0.6) is 5.75 Å². The number of benzene rings is 1. The lowest BCUT2D eigenvalue weighted by Crippen LogP contribution is -2.36. The van der Waals surface area contributed by atoms with Gasteiger partial charge < -0.3 is 19.6 Å². The number of hydrogen-bond acceptors (Lipinski definition) is 4. The second-order valence-corrected chi connectivity index (χ2v) is 6.01. The highest BCUT2D eigenvalue weighted by Gasteiger charge is 2.21. The molecular weight excluding hydrogens is 322 g/mol. The number of amides is 1. The molecule has 2 aromatic rings. The minimum atomic E-state index is -1.11. The molecule has 0 aliphatic rings. The Morgan fingerprint density at radius 2 is 1.92 bits per heavy atom. The molecule has 0 aliphatic heterocycles. The Labute approximate surface area is 146 Å². The standard InChI is InChI=1S/C19H23NO5/c1-5-15-14(19(22)23)9-16(25-15)18(21)20-13(4)10-24-17-11(2)7-6-8-12(17)3/h6-9,13H,5,10H2,1-4H3,(H,20,21)(H,22,23). The fourth-order valence-corrected chi connectivity index (χ4v) is 2.56. The third kappa shape index (κ3) is 4.41. The Hall–Kier alpha value is -2.76. The van der Waals surface area contributed by atoms with Gasteiger partial charge in [0.1, 0.15) is 23.7 Å². The summed E-state index contributed by atoms with van der Waals surface area (Å²) in [6.45, 7) is 7.81. The molecule has 0 saturated heterocycles. The molecule has 25 heavy (non-hydrogen) atoms. The molecule has 1 unspecified atom stereocenters. The second-order valence-electron chi connectivity index (χ2n) is 6.01. The van der Waals surface area contributed by atoms with Crippen LogP contribution >= 0.6 is 0 Å². The molecule has 134 valence electrons. The molecule has 0 saturated carbocycles. The number of aryl methyl sites for hydroxylation is 3. The van der Waals surface area contributed by atoms with E-state index in [4.69, 9.17) is 14.3 Å². The highest BCUT2D eigenvalue weighted by Crippen LogP contribution is 2.22. The molecule has 0 aliphatic carbocycles. The van der Waals surface area contributed by atoms with Crippen LogP contribution in [-0.4, -0.2) is 29.6 Å². The average molecular weight is 345 g/mol. The first-order valence-electron chi connectivity index (χ1n) is 8.19. The number of rotatable bonds is 7. The Morgan fingerprint density at radius 1 is 1.28 bits per heavy atom. The molecule has 1 aromatic heterocycles. The van der Waals surface area contributed by atoms with Gasteiger partial charge in [0.25, 0.3) is 5.91 Å². The molecule has 0 fully saturated rings. The first-order chi connectivity index (χ1) is 11.8. The first-order valence-corrected chi connectivity index (χ1v) is 8.19. The van der Waals surface area contributed by atoms with Gasteiger partial charge in [-0.1, -0.05) is 25.1 Å². The van der Waals surface area contributed by atoms with Crippen LogP contribution in [0.25, 0.3) is 0 Å². The number of para-hydroxylation sites is 1. The quantitative estimate of drug-likeness (QED) is 0.803. The van der Waals surface area contributed by atoms with Gasteiger partial charge in [-0.2, -0.15) is 0 Å². The molecule has 1 aromatic carbocycles. The van der Waals surface area contributed by atoms with Crippen molar-refractivity contribution in [2.45, 2.75) is 40.2 Å². The van der Waals surface area contributed by atoms with Crippen LogP contribution in [0.2, 0.25) is 0 Å². The number of furan rings is 1. The van der Waals surface area contributed by atoms with Crippen LogP contribution in [-0.2, 0) is 6.42 Å². The van der Waals surface area contributed by atoms with Gasteiger partial charge in [-0.3, -0.25) is 4.79 Å². The zero-order valence-electron chi connectivity index (χ0n) is 14.9. The lowest BCUT2D eigenvalue weighted by atomic mass is 10.1. The molecule has 2 rings (SSSR count). The SMILES string of the molecule is CCc1oc(C(=O)NC(C)COc2c(C)cccc2C)cc1C(=O)O. The molecule has 0 spiro atoms. The van der Waals surface area contributed by atoms with Crippen molar-refractivity contribution in [2.24, 2.45) is 0 Å². The number of carboxylic acid groups (broad SMARTS) is 1. The van der Waals surface area contributed by atoms with Crippen molar-refractivity contribution < 1.29 is 23.8 Å². The summed E-state index contributed by atoms with van der Waals surface area (Å²) >= 11 is 0. The highest BCUT2D eigenvalue weighted by atomic mass is 16.5. The largest absolute Gasteiger partial charge is 0.491 e. The molecule has 1 atom stereocenters. The van der Waals surface area contributed by atoms with Crippen molar-refractivity contribution >= 4 is 11.9 Å². The maximum Gasteiger partial charge on any atom is 0.339 e. The number of hydrogen-bond donors (Lipinski definition) is 2. The van der Waals surface area contributed by atoms with E-state index in [1.165, 1.54) is 6.07 Å². The number of ether oxygens (including phenoxy) is 1. The monoisotopic (exact) mass is 345 g/mol. The van der Waals surface area contributed by atoms with Gasteiger partial charge in [0.2, 0.25) is 0 Å². The molecule has 1 heterocycles. The maximum atomic E-state index is 12.3. The summed E-state index contributed by atoms with van der Waals surface area (Å²) in [5.74, 6) is -0.473. The summed E-state index contributed by atoms with van der Waals surface area (Å²) in [6, 6.07) is 6.89. The van der Waals surface area contributed by atoms with E-state index in [-0.39, 0.29) is 23.1 Å². The van der Waals surface area contributed by atoms with Crippen LogP contribution in [0.1, 0.15) is 51.6 Å². The third-order valence-corrected chi connectivity index (χ3v) is 3.85. The van der Waals surface area contributed by atoms with E-state index in [1.54, 1.807) is 6.92 Å². The first kappa shape index (κ1) is 18.6. The zero-order chi connectivity index (χ0) is 18.6. The summed E-state index contributed by atoms with van der Waals surface area (Å²) in [5, 5.41) is 11.9. The summed E-state index contributed by atoms with van der Waals surface area (Å²) in [7, 11) is 0. The van der Waals surface area contributed by atoms with Gasteiger partial charge in [0.05, 0.1) is 6.04 Å². The number of carbonyl (C=O) groups excluding carboxylic acids is 1. The molecule has 6 heteroatoms. The van der Waals surface area contributed by atoms with E-state index in [0.717, 1.165) is 16.9 Å². The van der Waals surface area contributed by atoms with Crippen LogP contribution in [0.3, 0.4) is 0 Å². The van der Waals surface area contributed by atoms with Crippen molar-refractivity contribution in [3.63, 3.8) is 0 Å². The van der Waals surface area contributed by atoms with Crippen molar-refractivity contribution in [2.75, 3.05) is 6.61 Å². The zero-order valence-corrected chi connectivity index (χ0v) is 14.9. The number of nitrogens with one attached hydrogen (secondary N) is 1. The van der Waals surface area contributed by atoms with Gasteiger partial charge in [0.15, 0.2) is 5.76 Å². The number of aromatic carboxylic acids is 1. The summed E-state index contributed by atoms with van der Waals surface area (Å²) in [4.78, 5) is 23.4. The van der Waals surface area contributed by atoms with E-state index >= 15 is 0 Å². The van der Waals surface area contributed by atoms with Crippen LogP contribution < -0.4 is 10.1 Å². The van der Waals surface area contributed by atoms with Crippen molar-refractivity contribution in [3.8, 4) is 5.75 Å². The molecule has 1 amide bonds. The minimum Gasteiger partial charge on any atom is -0.491 e. The Balaban J connectivity index is 1.99. The van der Waals surface area contributed by atoms with Crippen LogP contribution in [0.4, 0.5) is 0 Å². The van der Waals surface area contributed by atoms with Gasteiger partial charge in [-0.25, -0.2) is 4.79 Å². The molecule has 2 N–H and O–H groups in total.